The van der Waals surface area contributed by atoms with Crippen LogP contribution in [-0.4, -0.2) is 31.1 Å². The summed E-state index contributed by atoms with van der Waals surface area (Å²) < 4.78 is 26.0. The third-order valence-corrected chi connectivity index (χ3v) is 2.29. The Morgan fingerprint density at radius 1 is 1.71 bits per heavy atom. The van der Waals surface area contributed by atoms with Crippen LogP contribution < -0.4 is 5.69 Å². The van der Waals surface area contributed by atoms with E-state index in [9.17, 15) is 18.4 Å². The van der Waals surface area contributed by atoms with Crippen LogP contribution in [0.4, 0.5) is 8.78 Å². The first-order valence-corrected chi connectivity index (χ1v) is 4.08. The highest BCUT2D eigenvalue weighted by Gasteiger charge is 2.42. The van der Waals surface area contributed by atoms with Crippen molar-refractivity contribution in [1.82, 2.24) is 14.8 Å². The molecule has 1 aromatic heterocycles. The van der Waals surface area contributed by atoms with Crippen molar-refractivity contribution >= 4 is 17.7 Å². The maximum absolute atomic E-state index is 12.6. The third-order valence-electron chi connectivity index (χ3n) is 1.31. The summed E-state index contributed by atoms with van der Waals surface area (Å²) in [4.78, 5) is 20.8. The standard InChI is InChI=1S/C5H5F2N3O3S/c1-10-3(13)8-9-4(10)14-5(6,7)2(11)12/h1H3,(H,8,13)(H,11,12). The van der Waals surface area contributed by atoms with Gasteiger partial charge in [0.25, 0.3) is 0 Å². The number of rotatable bonds is 3. The summed E-state index contributed by atoms with van der Waals surface area (Å²) in [6.07, 6.45) is 0. The lowest BCUT2D eigenvalue weighted by Crippen LogP contribution is -2.24. The van der Waals surface area contributed by atoms with Crippen LogP contribution in [0.5, 0.6) is 0 Å². The van der Waals surface area contributed by atoms with E-state index in [1.54, 1.807) is 0 Å². The Bertz CT molecular complexity index is 413. The largest absolute Gasteiger partial charge is 0.476 e. The zero-order chi connectivity index (χ0) is 10.9. The normalized spacial score (nSPS) is 11.6. The summed E-state index contributed by atoms with van der Waals surface area (Å²) in [7, 11) is 1.20. The third kappa shape index (κ3) is 1.92. The van der Waals surface area contributed by atoms with E-state index in [4.69, 9.17) is 5.11 Å². The first-order chi connectivity index (χ1) is 6.34. The van der Waals surface area contributed by atoms with E-state index < -0.39 is 16.9 Å². The molecule has 0 aliphatic rings. The van der Waals surface area contributed by atoms with E-state index in [1.807, 2.05) is 5.10 Å². The molecule has 0 saturated heterocycles. The van der Waals surface area contributed by atoms with Crippen LogP contribution in [-0.2, 0) is 11.8 Å². The first kappa shape index (κ1) is 10.7. The Morgan fingerprint density at radius 2 is 2.29 bits per heavy atom. The second-order valence-corrected chi connectivity index (χ2v) is 3.38. The molecule has 0 saturated carbocycles. The molecule has 0 bridgehead atoms. The topological polar surface area (TPSA) is 88.0 Å². The van der Waals surface area contributed by atoms with Gasteiger partial charge >= 0.3 is 16.9 Å². The van der Waals surface area contributed by atoms with Crippen molar-refractivity contribution < 1.29 is 18.7 Å². The van der Waals surface area contributed by atoms with E-state index in [0.717, 1.165) is 4.57 Å². The van der Waals surface area contributed by atoms with Gasteiger partial charge in [-0.05, 0) is 0 Å². The molecule has 6 nitrogen and oxygen atoms in total. The highest BCUT2D eigenvalue weighted by molar-refractivity contribution is 8.00. The molecular formula is C5H5F2N3O3S. The number of hydrogen-bond acceptors (Lipinski definition) is 4. The van der Waals surface area contributed by atoms with Crippen LogP contribution in [0.1, 0.15) is 0 Å². The average Bonchev–Trinajstić information content (AvgIpc) is 2.35. The molecule has 0 aromatic carbocycles. The fourth-order valence-corrected chi connectivity index (χ4v) is 1.21. The first-order valence-electron chi connectivity index (χ1n) is 3.26. The molecule has 0 spiro atoms. The van der Waals surface area contributed by atoms with Crippen LogP contribution >= 0.6 is 11.8 Å². The highest BCUT2D eigenvalue weighted by Crippen LogP contribution is 2.33. The molecule has 78 valence electrons. The minimum Gasteiger partial charge on any atom is -0.476 e. The lowest BCUT2D eigenvalue weighted by Gasteiger charge is -2.08. The van der Waals surface area contributed by atoms with E-state index in [-0.39, 0.29) is 16.9 Å². The summed E-state index contributed by atoms with van der Waals surface area (Å²) in [5.74, 6) is -2.28. The van der Waals surface area contributed by atoms with Crippen molar-refractivity contribution in [1.29, 1.82) is 0 Å². The molecule has 0 amide bonds. The Labute approximate surface area is 79.9 Å². The molecule has 0 unspecified atom stereocenters. The molecule has 0 aliphatic heterocycles. The molecule has 0 aliphatic carbocycles. The van der Waals surface area contributed by atoms with E-state index in [2.05, 4.69) is 5.10 Å². The Hall–Kier alpha value is -1.38. The predicted molar refractivity (Wildman–Crippen MR) is 42.3 cm³/mol. The number of aromatic nitrogens is 3. The highest BCUT2D eigenvalue weighted by atomic mass is 32.2. The lowest BCUT2D eigenvalue weighted by atomic mass is 10.7. The quantitative estimate of drug-likeness (QED) is 0.700. The number of aliphatic carboxylic acids is 1. The number of aromatic amines is 1. The fourth-order valence-electron chi connectivity index (χ4n) is 0.582. The Morgan fingerprint density at radius 3 is 2.64 bits per heavy atom. The summed E-state index contributed by atoms with van der Waals surface area (Å²) >= 11 is -0.311. The van der Waals surface area contributed by atoms with Gasteiger partial charge in [0.2, 0.25) is 0 Å². The minimum absolute atomic E-state index is 0.311. The Kier molecular flexibility index (Phi) is 2.60. The lowest BCUT2D eigenvalue weighted by molar-refractivity contribution is -0.152. The number of carboxylic acid groups (broad SMARTS) is 1. The molecular weight excluding hydrogens is 220 g/mol. The van der Waals surface area contributed by atoms with Crippen LogP contribution in [0.3, 0.4) is 0 Å². The van der Waals surface area contributed by atoms with Crippen LogP contribution in [0.15, 0.2) is 9.95 Å². The molecule has 9 heteroatoms. The van der Waals surface area contributed by atoms with Gasteiger partial charge < -0.3 is 5.11 Å². The molecule has 0 atom stereocenters. The van der Waals surface area contributed by atoms with Gasteiger partial charge in [0.15, 0.2) is 5.16 Å². The maximum atomic E-state index is 12.6. The minimum atomic E-state index is -4.00. The van der Waals surface area contributed by atoms with Crippen molar-refractivity contribution in [2.45, 2.75) is 10.4 Å². The van der Waals surface area contributed by atoms with Crippen LogP contribution in [0.25, 0.3) is 0 Å². The number of H-pyrrole nitrogens is 1. The number of nitrogens with zero attached hydrogens (tertiary/aromatic N) is 2. The molecule has 1 rings (SSSR count). The zero-order valence-electron chi connectivity index (χ0n) is 6.82. The number of carbonyl (C=O) groups is 1. The van der Waals surface area contributed by atoms with E-state index >= 15 is 0 Å². The van der Waals surface area contributed by atoms with Gasteiger partial charge in [-0.2, -0.15) is 8.78 Å². The molecule has 2 N–H and O–H groups in total. The molecule has 0 radical (unpaired) electrons. The number of alkyl halides is 2. The van der Waals surface area contributed by atoms with Gasteiger partial charge in [-0.3, -0.25) is 4.57 Å². The number of nitrogens with one attached hydrogen (secondary N) is 1. The number of thioether (sulfide) groups is 1. The van der Waals surface area contributed by atoms with Crippen LogP contribution in [0.2, 0.25) is 0 Å². The van der Waals surface area contributed by atoms with Gasteiger partial charge in [-0.15, -0.1) is 5.10 Å². The van der Waals surface area contributed by atoms with Gasteiger partial charge in [-0.1, -0.05) is 0 Å². The maximum Gasteiger partial charge on any atom is 0.395 e. The van der Waals surface area contributed by atoms with Crippen molar-refractivity contribution in [2.75, 3.05) is 0 Å². The average molecular weight is 225 g/mol. The monoisotopic (exact) mass is 225 g/mol. The molecule has 14 heavy (non-hydrogen) atoms. The predicted octanol–water partition coefficient (Wildman–Crippen LogP) is -0.122. The molecule has 1 heterocycles. The van der Waals surface area contributed by atoms with Gasteiger partial charge in [0.1, 0.15) is 0 Å². The van der Waals surface area contributed by atoms with E-state index in [0.29, 0.717) is 0 Å². The van der Waals surface area contributed by atoms with E-state index in [1.165, 1.54) is 7.05 Å². The summed E-state index contributed by atoms with van der Waals surface area (Å²) in [5, 5.41) is 8.85. The second kappa shape index (κ2) is 3.40. The van der Waals surface area contributed by atoms with Gasteiger partial charge in [0.05, 0.1) is 0 Å². The van der Waals surface area contributed by atoms with Crippen molar-refractivity contribution in [2.24, 2.45) is 7.05 Å². The molecule has 1 aromatic rings. The van der Waals surface area contributed by atoms with Crippen LogP contribution in [0, 0.1) is 0 Å². The summed E-state index contributed by atoms with van der Waals surface area (Å²) in [5.41, 5.74) is -0.686. The summed E-state index contributed by atoms with van der Waals surface area (Å²) in [6.45, 7) is 0. The van der Waals surface area contributed by atoms with Crippen molar-refractivity contribution in [3.05, 3.63) is 10.5 Å². The number of carboxylic acids is 1. The van der Waals surface area contributed by atoms with Gasteiger partial charge in [0, 0.05) is 18.8 Å². The fraction of sp³-hybridized carbons (Fsp3) is 0.400. The Balaban J connectivity index is 2.95. The second-order valence-electron chi connectivity index (χ2n) is 2.29. The zero-order valence-corrected chi connectivity index (χ0v) is 7.64. The van der Waals surface area contributed by atoms with Gasteiger partial charge in [-0.25, -0.2) is 14.7 Å². The summed E-state index contributed by atoms with van der Waals surface area (Å²) in [6, 6.07) is 0. The number of halogens is 2. The molecule has 0 fully saturated rings. The SMILES string of the molecule is Cn1c(SC(F)(F)C(=O)O)n[nH]c1=O. The smallest absolute Gasteiger partial charge is 0.395 e. The van der Waals surface area contributed by atoms with Crippen molar-refractivity contribution in [3.8, 4) is 0 Å². The van der Waals surface area contributed by atoms with Crippen molar-refractivity contribution in [3.63, 3.8) is 0 Å². The number of hydrogen-bond donors (Lipinski definition) is 2.